The molecular formula is C12H12BrFO2. The second kappa shape index (κ2) is 6.43. The van der Waals surface area contributed by atoms with Gasteiger partial charge in [-0.3, -0.25) is 4.79 Å². The average molecular weight is 287 g/mol. The lowest BCUT2D eigenvalue weighted by Crippen LogP contribution is -1.99. The number of carboxylic acid groups (broad SMARTS) is 1. The van der Waals surface area contributed by atoms with Crippen LogP contribution in [0.25, 0.3) is 6.08 Å². The highest BCUT2D eigenvalue weighted by atomic mass is 79.9. The molecule has 0 unspecified atom stereocenters. The highest BCUT2D eigenvalue weighted by molar-refractivity contribution is 9.09. The molecule has 1 rings (SSSR count). The van der Waals surface area contributed by atoms with Crippen LogP contribution in [0.5, 0.6) is 0 Å². The molecule has 0 heterocycles. The number of benzene rings is 1. The molecule has 0 bridgehead atoms. The average Bonchev–Trinajstić information content (AvgIpc) is 2.24. The lowest BCUT2D eigenvalue weighted by molar-refractivity contribution is -0.136. The molecule has 0 atom stereocenters. The van der Waals surface area contributed by atoms with Crippen LogP contribution in [-0.4, -0.2) is 16.4 Å². The van der Waals surface area contributed by atoms with Crippen molar-refractivity contribution in [2.45, 2.75) is 12.8 Å². The van der Waals surface area contributed by atoms with Crippen molar-refractivity contribution >= 4 is 28.0 Å². The number of allylic oxidation sites excluding steroid dienone is 1. The minimum Gasteiger partial charge on any atom is -0.481 e. The first-order chi connectivity index (χ1) is 7.63. The van der Waals surface area contributed by atoms with E-state index in [9.17, 15) is 9.18 Å². The molecule has 4 heteroatoms. The Balaban J connectivity index is 2.75. The Kier molecular flexibility index (Phi) is 5.19. The van der Waals surface area contributed by atoms with E-state index < -0.39 is 5.97 Å². The van der Waals surface area contributed by atoms with Gasteiger partial charge < -0.3 is 5.11 Å². The van der Waals surface area contributed by atoms with Crippen molar-refractivity contribution in [1.29, 1.82) is 0 Å². The van der Waals surface area contributed by atoms with E-state index in [4.69, 9.17) is 5.11 Å². The van der Waals surface area contributed by atoms with Gasteiger partial charge in [-0.2, -0.15) is 0 Å². The van der Waals surface area contributed by atoms with Gasteiger partial charge in [0, 0.05) is 11.8 Å². The SMILES string of the molecule is O=C(O)CCc1ccc(C=CCBr)cc1F. The monoisotopic (exact) mass is 286 g/mol. The normalized spacial score (nSPS) is 10.9. The molecule has 86 valence electrons. The highest BCUT2D eigenvalue weighted by Gasteiger charge is 2.05. The lowest BCUT2D eigenvalue weighted by atomic mass is 10.1. The van der Waals surface area contributed by atoms with E-state index in [0.717, 1.165) is 10.9 Å². The van der Waals surface area contributed by atoms with Gasteiger partial charge in [0.25, 0.3) is 0 Å². The Morgan fingerprint density at radius 3 is 2.81 bits per heavy atom. The molecule has 0 radical (unpaired) electrons. The van der Waals surface area contributed by atoms with E-state index in [1.807, 2.05) is 6.08 Å². The zero-order chi connectivity index (χ0) is 12.0. The number of hydrogen-bond acceptors (Lipinski definition) is 1. The fourth-order valence-corrected chi connectivity index (χ4v) is 1.48. The molecule has 0 aliphatic heterocycles. The zero-order valence-electron chi connectivity index (χ0n) is 8.62. The van der Waals surface area contributed by atoms with Gasteiger partial charge in [0.05, 0.1) is 0 Å². The standard InChI is InChI=1S/C12H12BrFO2/c13-7-1-2-9-3-4-10(11(14)8-9)5-6-12(15)16/h1-4,8H,5-7H2,(H,15,16). The first-order valence-electron chi connectivity index (χ1n) is 4.86. The van der Waals surface area contributed by atoms with Gasteiger partial charge in [0.1, 0.15) is 5.82 Å². The number of carbonyl (C=O) groups is 1. The molecule has 2 nitrogen and oxygen atoms in total. The van der Waals surface area contributed by atoms with Gasteiger partial charge in [-0.05, 0) is 23.6 Å². The molecule has 0 aliphatic carbocycles. The molecule has 0 spiro atoms. The minimum absolute atomic E-state index is 0.0481. The van der Waals surface area contributed by atoms with Crippen LogP contribution >= 0.6 is 15.9 Å². The molecular weight excluding hydrogens is 275 g/mol. The van der Waals surface area contributed by atoms with Crippen molar-refractivity contribution in [3.8, 4) is 0 Å². The summed E-state index contributed by atoms with van der Waals surface area (Å²) >= 11 is 3.23. The first-order valence-corrected chi connectivity index (χ1v) is 5.98. The number of halogens is 2. The Bertz CT molecular complexity index is 402. The maximum absolute atomic E-state index is 13.5. The van der Waals surface area contributed by atoms with E-state index in [-0.39, 0.29) is 18.7 Å². The first kappa shape index (κ1) is 12.9. The van der Waals surface area contributed by atoms with Crippen molar-refractivity contribution in [2.75, 3.05) is 5.33 Å². The van der Waals surface area contributed by atoms with Gasteiger partial charge >= 0.3 is 5.97 Å². The smallest absolute Gasteiger partial charge is 0.303 e. The number of aliphatic carboxylic acids is 1. The molecule has 0 amide bonds. The van der Waals surface area contributed by atoms with Crippen molar-refractivity contribution < 1.29 is 14.3 Å². The third kappa shape index (κ3) is 4.14. The summed E-state index contributed by atoms with van der Waals surface area (Å²) in [5.41, 5.74) is 1.22. The second-order valence-electron chi connectivity index (χ2n) is 3.30. The predicted molar refractivity (Wildman–Crippen MR) is 65.2 cm³/mol. The predicted octanol–water partition coefficient (Wildman–Crippen LogP) is 3.25. The van der Waals surface area contributed by atoms with E-state index in [0.29, 0.717) is 5.56 Å². The Morgan fingerprint density at radius 1 is 1.50 bits per heavy atom. The Hall–Kier alpha value is -1.16. The van der Waals surface area contributed by atoms with Crippen LogP contribution in [0.1, 0.15) is 17.5 Å². The maximum atomic E-state index is 13.5. The van der Waals surface area contributed by atoms with Crippen molar-refractivity contribution in [2.24, 2.45) is 0 Å². The molecule has 0 fully saturated rings. The summed E-state index contributed by atoms with van der Waals surface area (Å²) in [5, 5.41) is 9.22. The second-order valence-corrected chi connectivity index (χ2v) is 3.95. The molecule has 0 aromatic heterocycles. The molecule has 1 N–H and O–H groups in total. The largest absolute Gasteiger partial charge is 0.481 e. The molecule has 1 aromatic carbocycles. The van der Waals surface area contributed by atoms with E-state index in [2.05, 4.69) is 15.9 Å². The van der Waals surface area contributed by atoms with Crippen LogP contribution in [0.2, 0.25) is 0 Å². The number of aryl methyl sites for hydroxylation is 1. The van der Waals surface area contributed by atoms with Gasteiger partial charge in [-0.25, -0.2) is 4.39 Å². The third-order valence-electron chi connectivity index (χ3n) is 2.08. The summed E-state index contributed by atoms with van der Waals surface area (Å²) in [6.07, 6.45) is 3.85. The minimum atomic E-state index is -0.914. The summed E-state index contributed by atoms with van der Waals surface area (Å²) in [5.74, 6) is -1.26. The van der Waals surface area contributed by atoms with Gasteiger partial charge in [-0.15, -0.1) is 0 Å². The Labute approximate surface area is 102 Å². The highest BCUT2D eigenvalue weighted by Crippen LogP contribution is 2.13. The van der Waals surface area contributed by atoms with Crippen LogP contribution < -0.4 is 0 Å². The van der Waals surface area contributed by atoms with E-state index >= 15 is 0 Å². The zero-order valence-corrected chi connectivity index (χ0v) is 10.2. The van der Waals surface area contributed by atoms with Crippen molar-refractivity contribution in [3.05, 3.63) is 41.2 Å². The molecule has 1 aromatic rings. The summed E-state index contributed by atoms with van der Waals surface area (Å²) in [6, 6.07) is 4.82. The van der Waals surface area contributed by atoms with Crippen LogP contribution in [0.3, 0.4) is 0 Å². The summed E-state index contributed by atoms with van der Waals surface area (Å²) in [4.78, 5) is 10.4. The molecule has 16 heavy (non-hydrogen) atoms. The van der Waals surface area contributed by atoms with Crippen LogP contribution in [0, 0.1) is 5.82 Å². The molecule has 0 aliphatic rings. The fourth-order valence-electron chi connectivity index (χ4n) is 1.29. The van der Waals surface area contributed by atoms with Crippen LogP contribution in [-0.2, 0) is 11.2 Å². The quantitative estimate of drug-likeness (QED) is 0.844. The number of hydrogen-bond donors (Lipinski definition) is 1. The summed E-state index contributed by atoms with van der Waals surface area (Å²) < 4.78 is 13.5. The van der Waals surface area contributed by atoms with Crippen LogP contribution in [0.4, 0.5) is 4.39 Å². The fraction of sp³-hybridized carbons (Fsp3) is 0.250. The summed E-state index contributed by atoms with van der Waals surface area (Å²) in [6.45, 7) is 0. The topological polar surface area (TPSA) is 37.3 Å². The number of rotatable bonds is 5. The van der Waals surface area contributed by atoms with Gasteiger partial charge in [0.15, 0.2) is 0 Å². The van der Waals surface area contributed by atoms with Crippen molar-refractivity contribution in [3.63, 3.8) is 0 Å². The van der Waals surface area contributed by atoms with Gasteiger partial charge in [0.2, 0.25) is 0 Å². The Morgan fingerprint density at radius 2 is 2.25 bits per heavy atom. The number of alkyl halides is 1. The van der Waals surface area contributed by atoms with E-state index in [1.54, 1.807) is 18.2 Å². The van der Waals surface area contributed by atoms with Gasteiger partial charge in [-0.1, -0.05) is 40.2 Å². The lowest BCUT2D eigenvalue weighted by Gasteiger charge is -2.02. The molecule has 0 saturated heterocycles. The summed E-state index contributed by atoms with van der Waals surface area (Å²) in [7, 11) is 0. The van der Waals surface area contributed by atoms with Crippen molar-refractivity contribution in [1.82, 2.24) is 0 Å². The third-order valence-corrected chi connectivity index (χ3v) is 2.46. The van der Waals surface area contributed by atoms with Crippen LogP contribution in [0.15, 0.2) is 24.3 Å². The maximum Gasteiger partial charge on any atom is 0.303 e. The molecule has 0 saturated carbocycles. The van der Waals surface area contributed by atoms with E-state index in [1.165, 1.54) is 6.07 Å². The number of carboxylic acids is 1.